The van der Waals surface area contributed by atoms with Crippen molar-refractivity contribution in [3.63, 3.8) is 0 Å². The molecule has 0 N–H and O–H groups in total. The van der Waals surface area contributed by atoms with Gasteiger partial charge in [-0.15, -0.1) is 11.3 Å². The lowest BCUT2D eigenvalue weighted by Crippen LogP contribution is -2.23. The van der Waals surface area contributed by atoms with E-state index < -0.39 is 0 Å². The molecule has 0 spiro atoms. The van der Waals surface area contributed by atoms with E-state index in [0.717, 1.165) is 43.6 Å². The standard InChI is InChI=1S/C25H21N3O2S/c1-2-30-20-11-8-17(9-12-20)21-16-31-23-15-26-28(25(29)24(21)23)14-13-19-10-7-18-5-3-4-6-22(18)27-19/h3-12,15-16H,2,13-14H2,1H3. The van der Waals surface area contributed by atoms with Crippen LogP contribution >= 0.6 is 11.3 Å². The van der Waals surface area contributed by atoms with Gasteiger partial charge in [0.1, 0.15) is 5.75 Å². The summed E-state index contributed by atoms with van der Waals surface area (Å²) in [4.78, 5) is 18.0. The Hall–Kier alpha value is -3.51. The zero-order valence-corrected chi connectivity index (χ0v) is 17.9. The average molecular weight is 428 g/mol. The van der Waals surface area contributed by atoms with Crippen molar-refractivity contribution < 1.29 is 4.74 Å². The van der Waals surface area contributed by atoms with Gasteiger partial charge in [-0.25, -0.2) is 4.68 Å². The molecule has 5 rings (SSSR count). The van der Waals surface area contributed by atoms with Crippen LogP contribution in [0.25, 0.3) is 32.1 Å². The average Bonchev–Trinajstić information content (AvgIpc) is 3.24. The molecule has 6 heteroatoms. The van der Waals surface area contributed by atoms with Crippen molar-refractivity contribution in [1.82, 2.24) is 14.8 Å². The SMILES string of the molecule is CCOc1ccc(-c2csc3cnn(CCc4ccc5ccccc5n4)c(=O)c23)cc1. The number of thiophene rings is 1. The van der Waals surface area contributed by atoms with Crippen molar-refractivity contribution in [2.24, 2.45) is 0 Å². The number of hydrogen-bond donors (Lipinski definition) is 0. The molecule has 0 saturated carbocycles. The van der Waals surface area contributed by atoms with Gasteiger partial charge in [-0.05, 0) is 36.8 Å². The van der Waals surface area contributed by atoms with Crippen LogP contribution in [0.2, 0.25) is 0 Å². The molecule has 0 amide bonds. The van der Waals surface area contributed by atoms with Gasteiger partial charge in [-0.2, -0.15) is 5.10 Å². The van der Waals surface area contributed by atoms with Gasteiger partial charge in [-0.3, -0.25) is 9.78 Å². The summed E-state index contributed by atoms with van der Waals surface area (Å²) in [5.74, 6) is 0.827. The summed E-state index contributed by atoms with van der Waals surface area (Å²) >= 11 is 1.54. The predicted octanol–water partition coefficient (Wildman–Crippen LogP) is 5.31. The van der Waals surface area contributed by atoms with Crippen LogP contribution in [0, 0.1) is 0 Å². The zero-order chi connectivity index (χ0) is 21.2. The summed E-state index contributed by atoms with van der Waals surface area (Å²) in [6.07, 6.45) is 2.43. The highest BCUT2D eigenvalue weighted by atomic mass is 32.1. The van der Waals surface area contributed by atoms with Crippen molar-refractivity contribution >= 4 is 32.3 Å². The number of ether oxygens (including phenoxy) is 1. The van der Waals surface area contributed by atoms with Crippen LogP contribution < -0.4 is 10.3 Å². The first-order chi connectivity index (χ1) is 15.2. The maximum absolute atomic E-state index is 13.2. The summed E-state index contributed by atoms with van der Waals surface area (Å²) in [7, 11) is 0. The molecule has 3 aromatic heterocycles. The number of hydrogen-bond acceptors (Lipinski definition) is 5. The van der Waals surface area contributed by atoms with Crippen LogP contribution in [0.5, 0.6) is 5.75 Å². The van der Waals surface area contributed by atoms with Gasteiger partial charge in [0, 0.05) is 28.4 Å². The van der Waals surface area contributed by atoms with Crippen molar-refractivity contribution in [2.45, 2.75) is 19.9 Å². The summed E-state index contributed by atoms with van der Waals surface area (Å²) in [5, 5.41) is 8.25. The van der Waals surface area contributed by atoms with Crippen LogP contribution in [-0.2, 0) is 13.0 Å². The molecule has 154 valence electrons. The van der Waals surface area contributed by atoms with E-state index in [9.17, 15) is 4.79 Å². The fourth-order valence-electron chi connectivity index (χ4n) is 3.73. The van der Waals surface area contributed by atoms with E-state index in [1.54, 1.807) is 22.2 Å². The van der Waals surface area contributed by atoms with Gasteiger partial charge in [0.25, 0.3) is 5.56 Å². The van der Waals surface area contributed by atoms with Crippen molar-refractivity contribution in [3.05, 3.63) is 88.3 Å². The highest BCUT2D eigenvalue weighted by Crippen LogP contribution is 2.32. The molecule has 0 aliphatic rings. The second kappa shape index (κ2) is 8.32. The van der Waals surface area contributed by atoms with Crippen LogP contribution in [0.3, 0.4) is 0 Å². The first kappa shape index (κ1) is 19.5. The second-order valence-electron chi connectivity index (χ2n) is 7.26. The lowest BCUT2D eigenvalue weighted by atomic mass is 10.1. The van der Waals surface area contributed by atoms with Crippen LogP contribution in [-0.4, -0.2) is 21.4 Å². The molecule has 0 radical (unpaired) electrons. The highest BCUT2D eigenvalue weighted by Gasteiger charge is 2.13. The van der Waals surface area contributed by atoms with Gasteiger partial charge in [0.05, 0.1) is 35.0 Å². The number of pyridine rings is 1. The minimum absolute atomic E-state index is 0.0663. The lowest BCUT2D eigenvalue weighted by molar-refractivity contribution is 0.340. The molecule has 5 nitrogen and oxygen atoms in total. The molecule has 0 atom stereocenters. The lowest BCUT2D eigenvalue weighted by Gasteiger charge is -2.07. The highest BCUT2D eigenvalue weighted by molar-refractivity contribution is 7.17. The second-order valence-corrected chi connectivity index (χ2v) is 8.18. The Bertz CT molecular complexity index is 1420. The molecule has 0 aliphatic heterocycles. The van der Waals surface area contributed by atoms with Crippen LogP contribution in [0.15, 0.2) is 77.0 Å². The first-order valence-electron chi connectivity index (χ1n) is 10.3. The van der Waals surface area contributed by atoms with Crippen LogP contribution in [0.4, 0.5) is 0 Å². The Morgan fingerprint density at radius 3 is 2.71 bits per heavy atom. The Morgan fingerprint density at radius 1 is 1.03 bits per heavy atom. The Morgan fingerprint density at radius 2 is 1.87 bits per heavy atom. The Kier molecular flexibility index (Phi) is 5.22. The zero-order valence-electron chi connectivity index (χ0n) is 17.1. The fraction of sp³-hybridized carbons (Fsp3) is 0.160. The van der Waals surface area contributed by atoms with Gasteiger partial charge >= 0.3 is 0 Å². The minimum Gasteiger partial charge on any atom is -0.494 e. The molecule has 0 unspecified atom stereocenters. The molecular formula is C25H21N3O2S. The van der Waals surface area contributed by atoms with E-state index in [4.69, 9.17) is 9.72 Å². The quantitative estimate of drug-likeness (QED) is 0.368. The van der Waals surface area contributed by atoms with E-state index in [0.29, 0.717) is 19.6 Å². The monoisotopic (exact) mass is 427 g/mol. The first-order valence-corrected chi connectivity index (χ1v) is 11.2. The fourth-order valence-corrected chi connectivity index (χ4v) is 4.65. The van der Waals surface area contributed by atoms with Gasteiger partial charge in [0.2, 0.25) is 0 Å². The summed E-state index contributed by atoms with van der Waals surface area (Å²) in [5.41, 5.74) is 3.79. The Balaban J connectivity index is 1.45. The number of nitrogens with zero attached hydrogens (tertiary/aromatic N) is 3. The van der Waals surface area contributed by atoms with E-state index in [1.807, 2.05) is 66.9 Å². The maximum Gasteiger partial charge on any atom is 0.276 e. The molecule has 2 aromatic carbocycles. The third kappa shape index (κ3) is 3.82. The molecule has 0 fully saturated rings. The summed E-state index contributed by atoms with van der Waals surface area (Å²) in [6.45, 7) is 3.07. The molecule has 0 aliphatic carbocycles. The number of benzene rings is 2. The third-order valence-electron chi connectivity index (χ3n) is 5.29. The maximum atomic E-state index is 13.2. The number of rotatable bonds is 6. The molecule has 3 heterocycles. The van der Waals surface area contributed by atoms with Gasteiger partial charge in [0.15, 0.2) is 0 Å². The minimum atomic E-state index is -0.0663. The van der Waals surface area contributed by atoms with Crippen molar-refractivity contribution in [2.75, 3.05) is 6.61 Å². The Labute approximate surface area is 183 Å². The summed E-state index contributed by atoms with van der Waals surface area (Å²) < 4.78 is 7.97. The predicted molar refractivity (Wildman–Crippen MR) is 126 cm³/mol. The molecule has 31 heavy (non-hydrogen) atoms. The van der Waals surface area contributed by atoms with E-state index in [2.05, 4.69) is 11.2 Å². The van der Waals surface area contributed by atoms with Gasteiger partial charge < -0.3 is 4.74 Å². The number of aromatic nitrogens is 3. The largest absolute Gasteiger partial charge is 0.494 e. The topological polar surface area (TPSA) is 57.0 Å². The molecule has 0 bridgehead atoms. The molecule has 5 aromatic rings. The molecule has 0 saturated heterocycles. The van der Waals surface area contributed by atoms with Crippen molar-refractivity contribution in [1.29, 1.82) is 0 Å². The molecular weight excluding hydrogens is 406 g/mol. The smallest absolute Gasteiger partial charge is 0.276 e. The normalized spacial score (nSPS) is 11.3. The number of para-hydroxylation sites is 1. The van der Waals surface area contributed by atoms with E-state index in [1.165, 1.54) is 0 Å². The summed E-state index contributed by atoms with van der Waals surface area (Å²) in [6, 6.07) is 20.0. The van der Waals surface area contributed by atoms with E-state index in [-0.39, 0.29) is 5.56 Å². The number of fused-ring (bicyclic) bond motifs is 2. The van der Waals surface area contributed by atoms with E-state index >= 15 is 0 Å². The third-order valence-corrected chi connectivity index (χ3v) is 6.21. The number of aryl methyl sites for hydroxylation is 2. The van der Waals surface area contributed by atoms with Crippen LogP contribution in [0.1, 0.15) is 12.6 Å². The van der Waals surface area contributed by atoms with Crippen molar-refractivity contribution in [3.8, 4) is 16.9 Å². The van der Waals surface area contributed by atoms with Gasteiger partial charge in [-0.1, -0.05) is 36.4 Å².